The molecule has 0 atom stereocenters. The van der Waals surface area contributed by atoms with Crippen molar-refractivity contribution in [3.05, 3.63) is 28.3 Å². The van der Waals surface area contributed by atoms with Gasteiger partial charge in [-0.1, -0.05) is 13.3 Å². The molecule has 6 nitrogen and oxygen atoms in total. The zero-order chi connectivity index (χ0) is 16.8. The molecule has 0 aromatic heterocycles. The van der Waals surface area contributed by atoms with Gasteiger partial charge in [0.25, 0.3) is 5.69 Å². The number of alkyl halides is 1. The molecule has 1 aromatic rings. The van der Waals surface area contributed by atoms with Crippen LogP contribution >= 0.6 is 11.6 Å². The van der Waals surface area contributed by atoms with Crippen LogP contribution in [0.3, 0.4) is 0 Å². The van der Waals surface area contributed by atoms with Crippen molar-refractivity contribution in [3.8, 4) is 5.75 Å². The van der Waals surface area contributed by atoms with Crippen LogP contribution in [0.1, 0.15) is 33.6 Å². The minimum Gasteiger partial charge on any atom is -0.491 e. The number of nitrogens with zero attached hydrogens (tertiary/aromatic N) is 1. The molecule has 1 aromatic carbocycles. The van der Waals surface area contributed by atoms with Crippen LogP contribution in [0, 0.1) is 15.5 Å². The molecule has 0 radical (unpaired) electrons. The number of nitro groups is 1. The van der Waals surface area contributed by atoms with Crippen LogP contribution in [0.5, 0.6) is 5.75 Å². The van der Waals surface area contributed by atoms with Crippen LogP contribution in [0.25, 0.3) is 0 Å². The summed E-state index contributed by atoms with van der Waals surface area (Å²) in [4.78, 5) is 22.5. The van der Waals surface area contributed by atoms with Gasteiger partial charge in [0.05, 0.1) is 28.7 Å². The summed E-state index contributed by atoms with van der Waals surface area (Å²) < 4.78 is 5.56. The molecule has 0 saturated heterocycles. The first-order chi connectivity index (χ1) is 10.3. The third-order valence-electron chi connectivity index (χ3n) is 3.13. The van der Waals surface area contributed by atoms with E-state index in [1.807, 2.05) is 6.92 Å². The van der Waals surface area contributed by atoms with Crippen molar-refractivity contribution in [3.63, 3.8) is 0 Å². The van der Waals surface area contributed by atoms with Gasteiger partial charge in [0, 0.05) is 11.9 Å². The van der Waals surface area contributed by atoms with E-state index in [1.54, 1.807) is 13.8 Å². The molecule has 1 rings (SSSR count). The highest BCUT2D eigenvalue weighted by Crippen LogP contribution is 2.31. The number of nitro benzene ring substituents is 1. The lowest BCUT2D eigenvalue weighted by Crippen LogP contribution is -2.32. The summed E-state index contributed by atoms with van der Waals surface area (Å²) in [6.07, 6.45) is 1.76. The lowest BCUT2D eigenvalue weighted by molar-refractivity contribution is -0.384. The number of non-ortho nitro benzene ring substituents is 1. The van der Waals surface area contributed by atoms with Crippen LogP contribution in [0.4, 0.5) is 11.4 Å². The molecule has 0 aliphatic carbocycles. The van der Waals surface area contributed by atoms with Crippen LogP contribution in [0.15, 0.2) is 18.2 Å². The zero-order valence-electron chi connectivity index (χ0n) is 13.0. The molecule has 0 heterocycles. The third kappa shape index (κ3) is 4.87. The summed E-state index contributed by atoms with van der Waals surface area (Å²) in [5.74, 6) is 0.191. The maximum atomic E-state index is 12.2. The number of halogens is 1. The summed E-state index contributed by atoms with van der Waals surface area (Å²) in [7, 11) is 0. The molecule has 122 valence electrons. The van der Waals surface area contributed by atoms with E-state index in [0.717, 1.165) is 12.8 Å². The Bertz CT molecular complexity index is 546. The fourth-order valence-corrected chi connectivity index (χ4v) is 1.65. The van der Waals surface area contributed by atoms with Gasteiger partial charge in [0.2, 0.25) is 5.91 Å². The summed E-state index contributed by atoms with van der Waals surface area (Å²) in [5.41, 5.74) is -0.421. The molecule has 7 heteroatoms. The predicted octanol–water partition coefficient (Wildman–Crippen LogP) is 3.98. The van der Waals surface area contributed by atoms with Gasteiger partial charge in [-0.05, 0) is 26.3 Å². The fourth-order valence-electron chi connectivity index (χ4n) is 1.53. The number of rotatable bonds is 8. The largest absolute Gasteiger partial charge is 0.491 e. The van der Waals surface area contributed by atoms with Crippen molar-refractivity contribution in [1.82, 2.24) is 0 Å². The van der Waals surface area contributed by atoms with Crippen molar-refractivity contribution in [1.29, 1.82) is 0 Å². The predicted molar refractivity (Wildman–Crippen MR) is 86.6 cm³/mol. The van der Waals surface area contributed by atoms with Crippen LogP contribution in [-0.4, -0.2) is 23.3 Å². The Labute approximate surface area is 134 Å². The number of ether oxygens (including phenoxy) is 1. The van der Waals surface area contributed by atoms with Gasteiger partial charge in [-0.15, -0.1) is 11.6 Å². The summed E-state index contributed by atoms with van der Waals surface area (Å²) in [5, 5.41) is 13.6. The summed E-state index contributed by atoms with van der Waals surface area (Å²) in [6.45, 7) is 5.89. The van der Waals surface area contributed by atoms with Crippen LogP contribution in [-0.2, 0) is 4.79 Å². The molecule has 0 fully saturated rings. The second-order valence-corrected chi connectivity index (χ2v) is 5.88. The molecule has 1 N–H and O–H groups in total. The Morgan fingerprint density at radius 2 is 2.14 bits per heavy atom. The zero-order valence-corrected chi connectivity index (χ0v) is 13.8. The first-order valence-electron chi connectivity index (χ1n) is 7.10. The maximum Gasteiger partial charge on any atom is 0.273 e. The highest BCUT2D eigenvalue weighted by atomic mass is 35.5. The highest BCUT2D eigenvalue weighted by Gasteiger charge is 2.27. The second kappa shape index (κ2) is 7.98. The SMILES string of the molecule is CCCCOc1cc([N+](=O)[O-])ccc1NC(=O)C(C)(C)CCl. The molecule has 0 aliphatic heterocycles. The standard InChI is InChI=1S/C15H21ClN2O4/c1-4-5-8-22-13-9-11(18(20)21)6-7-12(13)17-14(19)15(2,3)10-16/h6-7,9H,4-5,8,10H2,1-3H3,(H,17,19). The van der Waals surface area contributed by atoms with Gasteiger partial charge in [-0.3, -0.25) is 14.9 Å². The van der Waals surface area contributed by atoms with Crippen molar-refractivity contribution < 1.29 is 14.5 Å². The van der Waals surface area contributed by atoms with Gasteiger partial charge in [-0.25, -0.2) is 0 Å². The minimum absolute atomic E-state index is 0.0823. The number of unbranched alkanes of at least 4 members (excludes halogenated alkanes) is 1. The van der Waals surface area contributed by atoms with Crippen LogP contribution < -0.4 is 10.1 Å². The Balaban J connectivity index is 3.01. The summed E-state index contributed by atoms with van der Waals surface area (Å²) in [6, 6.07) is 4.12. The third-order valence-corrected chi connectivity index (χ3v) is 3.80. The lowest BCUT2D eigenvalue weighted by Gasteiger charge is -2.21. The van der Waals surface area contributed by atoms with E-state index in [4.69, 9.17) is 16.3 Å². The normalized spacial score (nSPS) is 11.1. The number of hydrogen-bond donors (Lipinski definition) is 1. The average molecular weight is 329 g/mol. The number of amides is 1. The van der Waals surface area contributed by atoms with E-state index < -0.39 is 10.3 Å². The van der Waals surface area contributed by atoms with E-state index in [9.17, 15) is 14.9 Å². The Hall–Kier alpha value is -1.82. The van der Waals surface area contributed by atoms with Gasteiger partial charge < -0.3 is 10.1 Å². The minimum atomic E-state index is -0.746. The van der Waals surface area contributed by atoms with E-state index in [-0.39, 0.29) is 17.5 Å². The highest BCUT2D eigenvalue weighted by molar-refractivity contribution is 6.20. The van der Waals surface area contributed by atoms with Gasteiger partial charge in [0.15, 0.2) is 0 Å². The molecule has 1 amide bonds. The number of carbonyl (C=O) groups is 1. The molecule has 0 aliphatic rings. The van der Waals surface area contributed by atoms with E-state index in [2.05, 4.69) is 5.32 Å². The molecule has 0 spiro atoms. The number of nitrogens with one attached hydrogen (secondary N) is 1. The molecule has 0 saturated carbocycles. The topological polar surface area (TPSA) is 81.5 Å². The number of anilines is 1. The average Bonchev–Trinajstić information content (AvgIpc) is 2.48. The molecule has 0 unspecified atom stereocenters. The Kier molecular flexibility index (Phi) is 6.61. The Morgan fingerprint density at radius 3 is 2.68 bits per heavy atom. The smallest absolute Gasteiger partial charge is 0.273 e. The fraction of sp³-hybridized carbons (Fsp3) is 0.533. The monoisotopic (exact) mass is 328 g/mol. The maximum absolute atomic E-state index is 12.2. The number of benzene rings is 1. The van der Waals surface area contributed by atoms with Crippen molar-refractivity contribution in [2.45, 2.75) is 33.6 Å². The van der Waals surface area contributed by atoms with Gasteiger partial charge >= 0.3 is 0 Å². The molecular formula is C15H21ClN2O4. The van der Waals surface area contributed by atoms with Crippen LogP contribution in [0.2, 0.25) is 0 Å². The van der Waals surface area contributed by atoms with Crippen molar-refractivity contribution in [2.75, 3.05) is 17.8 Å². The molecular weight excluding hydrogens is 308 g/mol. The number of hydrogen-bond acceptors (Lipinski definition) is 4. The lowest BCUT2D eigenvalue weighted by atomic mass is 9.95. The number of carbonyl (C=O) groups excluding carboxylic acids is 1. The van der Waals surface area contributed by atoms with E-state index >= 15 is 0 Å². The van der Waals surface area contributed by atoms with Gasteiger partial charge in [-0.2, -0.15) is 0 Å². The molecule has 22 heavy (non-hydrogen) atoms. The first kappa shape index (κ1) is 18.2. The quantitative estimate of drug-likeness (QED) is 0.339. The van der Waals surface area contributed by atoms with Gasteiger partial charge in [0.1, 0.15) is 5.75 Å². The van der Waals surface area contributed by atoms with Crippen molar-refractivity contribution >= 4 is 28.9 Å². The Morgan fingerprint density at radius 1 is 1.45 bits per heavy atom. The van der Waals surface area contributed by atoms with Crippen molar-refractivity contribution in [2.24, 2.45) is 5.41 Å². The first-order valence-corrected chi connectivity index (χ1v) is 7.64. The van der Waals surface area contributed by atoms with E-state index in [0.29, 0.717) is 18.0 Å². The second-order valence-electron chi connectivity index (χ2n) is 5.61. The van der Waals surface area contributed by atoms with E-state index in [1.165, 1.54) is 18.2 Å². The summed E-state index contributed by atoms with van der Waals surface area (Å²) >= 11 is 5.78. The molecule has 0 bridgehead atoms.